The predicted octanol–water partition coefficient (Wildman–Crippen LogP) is 3.10. The molecule has 1 saturated heterocycles. The molecule has 0 atom stereocenters. The second kappa shape index (κ2) is 8.90. The van der Waals surface area contributed by atoms with Gasteiger partial charge in [-0.15, -0.1) is 0 Å². The molecule has 1 amide bonds. The summed E-state index contributed by atoms with van der Waals surface area (Å²) in [6, 6.07) is 16.4. The van der Waals surface area contributed by atoms with Crippen molar-refractivity contribution < 1.29 is 23.9 Å². The summed E-state index contributed by atoms with van der Waals surface area (Å²) in [4.78, 5) is 38.4. The molecule has 6 nitrogen and oxygen atoms in total. The second-order valence-electron chi connectivity index (χ2n) is 7.22. The van der Waals surface area contributed by atoms with Crippen LogP contribution in [0, 0.1) is 0 Å². The molecule has 1 fully saturated rings. The van der Waals surface area contributed by atoms with Gasteiger partial charge in [0, 0.05) is 20.0 Å². The molecule has 29 heavy (non-hydrogen) atoms. The van der Waals surface area contributed by atoms with Crippen molar-refractivity contribution in [1.82, 2.24) is 4.90 Å². The smallest absolute Gasteiger partial charge is 0.337 e. The minimum atomic E-state index is -0.785. The Morgan fingerprint density at radius 1 is 1.00 bits per heavy atom. The first kappa shape index (κ1) is 20.6. The number of carbonyl (C=O) groups is 3. The van der Waals surface area contributed by atoms with Crippen molar-refractivity contribution in [3.8, 4) is 0 Å². The fourth-order valence-corrected chi connectivity index (χ4v) is 3.76. The van der Waals surface area contributed by atoms with E-state index in [4.69, 9.17) is 9.47 Å². The summed E-state index contributed by atoms with van der Waals surface area (Å²) in [5, 5.41) is 0. The molecule has 3 rings (SSSR count). The van der Waals surface area contributed by atoms with Gasteiger partial charge in [-0.3, -0.25) is 9.59 Å². The molecule has 0 unspecified atom stereocenters. The number of methoxy groups -OCH3 is 1. The highest BCUT2D eigenvalue weighted by atomic mass is 16.5. The Bertz CT molecular complexity index is 885. The molecule has 0 bridgehead atoms. The fraction of sp³-hybridized carbons (Fsp3) is 0.348. The number of nitrogens with zero attached hydrogens (tertiary/aromatic N) is 1. The molecule has 0 aliphatic carbocycles. The molecular formula is C23H25NO5. The predicted molar refractivity (Wildman–Crippen MR) is 107 cm³/mol. The van der Waals surface area contributed by atoms with Gasteiger partial charge in [-0.2, -0.15) is 0 Å². The number of likely N-dealkylation sites (tertiary alicyclic amines) is 1. The first-order valence-electron chi connectivity index (χ1n) is 9.62. The Balaban J connectivity index is 1.78. The lowest BCUT2D eigenvalue weighted by Crippen LogP contribution is -2.49. The topological polar surface area (TPSA) is 72.9 Å². The zero-order valence-electron chi connectivity index (χ0n) is 16.7. The van der Waals surface area contributed by atoms with Crippen molar-refractivity contribution in [2.45, 2.75) is 31.8 Å². The molecule has 0 N–H and O–H groups in total. The van der Waals surface area contributed by atoms with E-state index < -0.39 is 11.4 Å². The van der Waals surface area contributed by atoms with Crippen molar-refractivity contribution in [3.63, 3.8) is 0 Å². The normalized spacial score (nSPS) is 15.4. The zero-order valence-corrected chi connectivity index (χ0v) is 16.7. The fourth-order valence-electron chi connectivity index (χ4n) is 3.76. The highest BCUT2D eigenvalue weighted by Crippen LogP contribution is 2.37. The Kier molecular flexibility index (Phi) is 6.32. The summed E-state index contributed by atoms with van der Waals surface area (Å²) >= 11 is 0. The van der Waals surface area contributed by atoms with Crippen LogP contribution in [-0.2, 0) is 31.1 Å². The maximum atomic E-state index is 13.2. The first-order valence-corrected chi connectivity index (χ1v) is 9.62. The number of esters is 2. The molecule has 2 aromatic carbocycles. The molecule has 0 spiro atoms. The van der Waals surface area contributed by atoms with Crippen molar-refractivity contribution in [2.75, 3.05) is 20.2 Å². The standard InChI is InChI=1S/C23H25NO5/c1-17(25)24-13-11-23(12-14-24,20-9-4-3-5-10-20)22(27)29-16-18-7-6-8-19(15-18)21(26)28-2/h3-10,15H,11-14,16H2,1-2H3. The van der Waals surface area contributed by atoms with Gasteiger partial charge < -0.3 is 14.4 Å². The van der Waals surface area contributed by atoms with Crippen molar-refractivity contribution in [3.05, 3.63) is 71.3 Å². The number of piperidine rings is 1. The van der Waals surface area contributed by atoms with Crippen LogP contribution < -0.4 is 0 Å². The van der Waals surface area contributed by atoms with Gasteiger partial charge in [-0.1, -0.05) is 42.5 Å². The molecule has 0 radical (unpaired) electrons. The summed E-state index contributed by atoms with van der Waals surface area (Å²) < 4.78 is 10.4. The summed E-state index contributed by atoms with van der Waals surface area (Å²) in [6.45, 7) is 2.63. The number of rotatable bonds is 5. The van der Waals surface area contributed by atoms with Gasteiger partial charge in [0.2, 0.25) is 5.91 Å². The quantitative estimate of drug-likeness (QED) is 0.728. The monoisotopic (exact) mass is 395 g/mol. The van der Waals surface area contributed by atoms with Gasteiger partial charge in [-0.25, -0.2) is 4.79 Å². The molecular weight excluding hydrogens is 370 g/mol. The van der Waals surface area contributed by atoms with Gasteiger partial charge in [-0.05, 0) is 36.1 Å². The molecule has 0 aromatic heterocycles. The van der Waals surface area contributed by atoms with E-state index in [0.717, 1.165) is 5.56 Å². The van der Waals surface area contributed by atoms with E-state index in [0.29, 0.717) is 37.1 Å². The van der Waals surface area contributed by atoms with Crippen LogP contribution in [0.3, 0.4) is 0 Å². The molecule has 152 valence electrons. The average Bonchev–Trinajstić information content (AvgIpc) is 2.77. The van der Waals surface area contributed by atoms with E-state index in [-0.39, 0.29) is 18.5 Å². The van der Waals surface area contributed by atoms with Gasteiger partial charge in [0.05, 0.1) is 18.1 Å². The molecule has 6 heteroatoms. The lowest BCUT2D eigenvalue weighted by Gasteiger charge is -2.40. The minimum absolute atomic E-state index is 0.0136. The van der Waals surface area contributed by atoms with Crippen LogP contribution in [0.4, 0.5) is 0 Å². The van der Waals surface area contributed by atoms with Gasteiger partial charge in [0.1, 0.15) is 6.61 Å². The second-order valence-corrected chi connectivity index (χ2v) is 7.22. The van der Waals surface area contributed by atoms with E-state index >= 15 is 0 Å². The maximum Gasteiger partial charge on any atom is 0.337 e. The summed E-state index contributed by atoms with van der Waals surface area (Å²) in [5.41, 5.74) is 1.24. The molecule has 0 saturated carbocycles. The Labute approximate surface area is 170 Å². The zero-order chi connectivity index (χ0) is 20.9. The Morgan fingerprint density at radius 2 is 1.69 bits per heavy atom. The van der Waals surface area contributed by atoms with Gasteiger partial charge in [0.25, 0.3) is 0 Å². The van der Waals surface area contributed by atoms with Crippen molar-refractivity contribution >= 4 is 17.8 Å². The molecule has 1 heterocycles. The highest BCUT2D eigenvalue weighted by Gasteiger charge is 2.44. The van der Waals surface area contributed by atoms with Crippen LogP contribution in [-0.4, -0.2) is 42.9 Å². The van der Waals surface area contributed by atoms with Crippen molar-refractivity contribution in [2.24, 2.45) is 0 Å². The van der Waals surface area contributed by atoms with Gasteiger partial charge >= 0.3 is 11.9 Å². The van der Waals surface area contributed by atoms with Gasteiger partial charge in [0.15, 0.2) is 0 Å². The highest BCUT2D eigenvalue weighted by molar-refractivity contribution is 5.89. The van der Waals surface area contributed by atoms with Crippen LogP contribution in [0.15, 0.2) is 54.6 Å². The Morgan fingerprint density at radius 3 is 2.31 bits per heavy atom. The number of hydrogen-bond acceptors (Lipinski definition) is 5. The average molecular weight is 395 g/mol. The molecule has 1 aliphatic rings. The largest absolute Gasteiger partial charge is 0.465 e. The minimum Gasteiger partial charge on any atom is -0.465 e. The van der Waals surface area contributed by atoms with E-state index in [1.54, 1.807) is 36.1 Å². The van der Waals surface area contributed by atoms with Crippen LogP contribution in [0.5, 0.6) is 0 Å². The van der Waals surface area contributed by atoms with Crippen LogP contribution in [0.2, 0.25) is 0 Å². The number of benzene rings is 2. The third kappa shape index (κ3) is 4.47. The Hall–Kier alpha value is -3.15. The third-order valence-corrected chi connectivity index (χ3v) is 5.50. The number of carbonyl (C=O) groups excluding carboxylic acids is 3. The van der Waals surface area contributed by atoms with Crippen LogP contribution >= 0.6 is 0 Å². The van der Waals surface area contributed by atoms with E-state index in [1.807, 2.05) is 30.3 Å². The summed E-state index contributed by atoms with van der Waals surface area (Å²) in [7, 11) is 1.33. The van der Waals surface area contributed by atoms with E-state index in [2.05, 4.69) is 0 Å². The third-order valence-electron chi connectivity index (χ3n) is 5.50. The number of amides is 1. The van der Waals surface area contributed by atoms with Crippen LogP contribution in [0.1, 0.15) is 41.3 Å². The molecule has 1 aliphatic heterocycles. The number of ether oxygens (including phenoxy) is 2. The first-order chi connectivity index (χ1) is 14.0. The number of hydrogen-bond donors (Lipinski definition) is 0. The van der Waals surface area contributed by atoms with E-state index in [9.17, 15) is 14.4 Å². The summed E-state index contributed by atoms with van der Waals surface area (Å²) in [6.07, 6.45) is 1.02. The SMILES string of the molecule is COC(=O)c1cccc(COC(=O)C2(c3ccccc3)CCN(C(C)=O)CC2)c1. The van der Waals surface area contributed by atoms with Crippen molar-refractivity contribution in [1.29, 1.82) is 0 Å². The summed E-state index contributed by atoms with van der Waals surface area (Å²) in [5.74, 6) is -0.731. The van der Waals surface area contributed by atoms with Crippen LogP contribution in [0.25, 0.3) is 0 Å². The lowest BCUT2D eigenvalue weighted by atomic mass is 9.72. The molecule has 2 aromatic rings. The lowest BCUT2D eigenvalue weighted by molar-refractivity contribution is -0.155. The van der Waals surface area contributed by atoms with E-state index in [1.165, 1.54) is 7.11 Å². The maximum absolute atomic E-state index is 13.2.